The van der Waals surface area contributed by atoms with Gasteiger partial charge < -0.3 is 20.1 Å². The van der Waals surface area contributed by atoms with Crippen molar-refractivity contribution in [3.63, 3.8) is 0 Å². The number of aliphatic hydroxyl groups is 2. The molecule has 0 bridgehead atoms. The van der Waals surface area contributed by atoms with Crippen LogP contribution in [0, 0.1) is 0 Å². The molecule has 8 nitrogen and oxygen atoms in total. The Morgan fingerprint density at radius 2 is 1.62 bits per heavy atom. The maximum atomic E-state index is 11.7. The lowest BCUT2D eigenvalue weighted by Gasteiger charge is -2.06. The molecular formula is C13H13NO7. The maximum Gasteiger partial charge on any atom is 0.332 e. The van der Waals surface area contributed by atoms with Crippen molar-refractivity contribution in [3.8, 4) is 0 Å². The van der Waals surface area contributed by atoms with E-state index in [1.54, 1.807) is 0 Å². The number of rotatable bonds is 8. The number of hydrogen-bond donors (Lipinski definition) is 3. The van der Waals surface area contributed by atoms with Crippen LogP contribution in [0.25, 0.3) is 0 Å². The van der Waals surface area contributed by atoms with Crippen molar-refractivity contribution in [2.24, 2.45) is 0 Å². The lowest BCUT2D eigenvalue weighted by Crippen LogP contribution is -2.24. The second-order valence-electron chi connectivity index (χ2n) is 4.22. The van der Waals surface area contributed by atoms with E-state index in [-0.39, 0.29) is 17.7 Å². The molecule has 1 rings (SSSR count). The second kappa shape index (κ2) is 7.36. The fourth-order valence-electron chi connectivity index (χ4n) is 1.46. The first-order valence-corrected chi connectivity index (χ1v) is 5.92. The van der Waals surface area contributed by atoms with Crippen molar-refractivity contribution in [1.29, 1.82) is 0 Å². The lowest BCUT2D eigenvalue weighted by molar-refractivity contribution is -0.146. The van der Waals surface area contributed by atoms with Crippen molar-refractivity contribution in [2.75, 3.05) is 0 Å². The number of pyridine rings is 1. The molecule has 2 unspecified atom stereocenters. The van der Waals surface area contributed by atoms with Crippen molar-refractivity contribution < 1.29 is 34.5 Å². The molecule has 1 heterocycles. The number of carbonyl (C=O) groups excluding carboxylic acids is 3. The van der Waals surface area contributed by atoms with Crippen LogP contribution < -0.4 is 0 Å². The molecule has 0 saturated carbocycles. The van der Waals surface area contributed by atoms with Gasteiger partial charge in [0, 0.05) is 12.8 Å². The molecule has 0 fully saturated rings. The molecule has 8 heteroatoms. The first-order valence-electron chi connectivity index (χ1n) is 5.92. The summed E-state index contributed by atoms with van der Waals surface area (Å²) in [4.78, 5) is 47.9. The van der Waals surface area contributed by atoms with Crippen molar-refractivity contribution in [2.45, 2.75) is 25.0 Å². The highest BCUT2D eigenvalue weighted by Crippen LogP contribution is 2.08. The molecule has 1 aromatic heterocycles. The van der Waals surface area contributed by atoms with Crippen LogP contribution in [0.1, 0.15) is 33.8 Å². The second-order valence-corrected chi connectivity index (χ2v) is 4.22. The largest absolute Gasteiger partial charge is 0.479 e. The zero-order valence-electron chi connectivity index (χ0n) is 10.8. The number of aliphatic hydroxyl groups excluding tert-OH is 2. The number of aldehydes is 1. The van der Waals surface area contributed by atoms with E-state index in [0.29, 0.717) is 0 Å². The fraction of sp³-hybridized carbons (Fsp3) is 0.308. The van der Waals surface area contributed by atoms with Crippen molar-refractivity contribution >= 4 is 23.8 Å². The predicted molar refractivity (Wildman–Crippen MR) is 67.8 cm³/mol. The molecule has 112 valence electrons. The van der Waals surface area contributed by atoms with Crippen LogP contribution in [0.4, 0.5) is 0 Å². The van der Waals surface area contributed by atoms with E-state index in [1.807, 2.05) is 0 Å². The molecule has 0 aliphatic carbocycles. The van der Waals surface area contributed by atoms with E-state index >= 15 is 0 Å². The molecule has 0 radical (unpaired) electrons. The molecule has 1 aromatic rings. The van der Waals surface area contributed by atoms with Gasteiger partial charge >= 0.3 is 5.97 Å². The summed E-state index contributed by atoms with van der Waals surface area (Å²) < 4.78 is 0. The van der Waals surface area contributed by atoms with E-state index in [1.165, 1.54) is 18.2 Å². The van der Waals surface area contributed by atoms with Crippen LogP contribution in [-0.4, -0.2) is 56.3 Å². The summed E-state index contributed by atoms with van der Waals surface area (Å²) in [6.07, 6.45) is -4.23. The number of carboxylic acids is 1. The molecule has 21 heavy (non-hydrogen) atoms. The summed E-state index contributed by atoms with van der Waals surface area (Å²) in [7, 11) is 0. The predicted octanol–water partition coefficient (Wildman–Crippen LogP) is -0.768. The number of aromatic nitrogens is 1. The highest BCUT2D eigenvalue weighted by molar-refractivity contribution is 6.00. The third kappa shape index (κ3) is 4.86. The molecule has 3 N–H and O–H groups in total. The van der Waals surface area contributed by atoms with Gasteiger partial charge in [0.15, 0.2) is 17.7 Å². The zero-order valence-corrected chi connectivity index (χ0v) is 10.8. The molecular weight excluding hydrogens is 282 g/mol. The van der Waals surface area contributed by atoms with Gasteiger partial charge in [0.25, 0.3) is 0 Å². The van der Waals surface area contributed by atoms with Crippen LogP contribution in [0.15, 0.2) is 18.2 Å². The normalized spacial score (nSPS) is 13.2. The molecule has 0 spiro atoms. The summed E-state index contributed by atoms with van der Waals surface area (Å²) in [6.45, 7) is 0. The molecule has 0 saturated heterocycles. The average molecular weight is 295 g/mol. The van der Waals surface area contributed by atoms with E-state index < -0.39 is 42.6 Å². The Labute approximate surface area is 119 Å². The number of carboxylic acid groups (broad SMARTS) is 1. The van der Waals surface area contributed by atoms with Gasteiger partial charge in [-0.25, -0.2) is 9.78 Å². The maximum absolute atomic E-state index is 11.7. The Kier molecular flexibility index (Phi) is 5.82. The van der Waals surface area contributed by atoms with Gasteiger partial charge in [0.05, 0.1) is 0 Å². The van der Waals surface area contributed by atoms with E-state index in [4.69, 9.17) is 15.3 Å². The van der Waals surface area contributed by atoms with Gasteiger partial charge in [-0.2, -0.15) is 0 Å². The molecule has 0 aromatic carbocycles. The van der Waals surface area contributed by atoms with Crippen LogP contribution in [0.3, 0.4) is 0 Å². The highest BCUT2D eigenvalue weighted by atomic mass is 16.4. The Bertz CT molecular complexity index is 569. The Hall–Kier alpha value is -2.45. The fourth-order valence-corrected chi connectivity index (χ4v) is 1.46. The number of nitrogens with zero attached hydrogens (tertiary/aromatic N) is 1. The summed E-state index contributed by atoms with van der Waals surface area (Å²) >= 11 is 0. The van der Waals surface area contributed by atoms with Crippen molar-refractivity contribution in [3.05, 3.63) is 29.6 Å². The molecule has 0 aliphatic heterocycles. The smallest absolute Gasteiger partial charge is 0.332 e. The van der Waals surface area contributed by atoms with E-state index in [2.05, 4.69) is 4.98 Å². The quantitative estimate of drug-likeness (QED) is 0.419. The topological polar surface area (TPSA) is 142 Å². The Morgan fingerprint density at radius 3 is 2.10 bits per heavy atom. The number of carbonyl (C=O) groups is 4. The standard InChI is InChI=1S/C13H13NO7/c15-6-7(16)4-10(17)8-2-1-3-9(14-8)11(18)5-12(19)13(20)21/h1-3,6-7,12,16,19H,4-5H2,(H,20,21). The van der Waals surface area contributed by atoms with Crippen LogP contribution >= 0.6 is 0 Å². The average Bonchev–Trinajstić information content (AvgIpc) is 2.46. The van der Waals surface area contributed by atoms with Crippen LogP contribution in [0.5, 0.6) is 0 Å². The van der Waals surface area contributed by atoms with Crippen LogP contribution in [-0.2, 0) is 9.59 Å². The Morgan fingerprint density at radius 1 is 1.10 bits per heavy atom. The number of Topliss-reactive ketones (excluding diaryl/α,β-unsaturated/α-hetero) is 2. The number of hydrogen-bond acceptors (Lipinski definition) is 7. The molecule has 0 aliphatic rings. The molecule has 2 atom stereocenters. The van der Waals surface area contributed by atoms with Crippen LogP contribution in [0.2, 0.25) is 0 Å². The SMILES string of the molecule is O=CC(O)CC(=O)c1cccc(C(=O)CC(O)C(=O)O)n1. The number of ketones is 2. The summed E-state index contributed by atoms with van der Waals surface area (Å²) in [5.41, 5.74) is -0.312. The number of aliphatic carboxylic acids is 1. The van der Waals surface area contributed by atoms with Gasteiger partial charge in [0.1, 0.15) is 23.8 Å². The van der Waals surface area contributed by atoms with E-state index in [9.17, 15) is 19.2 Å². The van der Waals surface area contributed by atoms with Gasteiger partial charge in [-0.05, 0) is 12.1 Å². The monoisotopic (exact) mass is 295 g/mol. The first-order chi connectivity index (χ1) is 9.85. The summed E-state index contributed by atoms with van der Waals surface area (Å²) in [5.74, 6) is -2.91. The van der Waals surface area contributed by atoms with E-state index in [0.717, 1.165) is 0 Å². The lowest BCUT2D eigenvalue weighted by atomic mass is 10.1. The Balaban J connectivity index is 2.85. The summed E-state index contributed by atoms with van der Waals surface area (Å²) in [5, 5.41) is 26.7. The minimum Gasteiger partial charge on any atom is -0.479 e. The minimum atomic E-state index is -1.85. The third-order valence-corrected chi connectivity index (χ3v) is 2.54. The molecule has 0 amide bonds. The van der Waals surface area contributed by atoms with Gasteiger partial charge in [-0.3, -0.25) is 9.59 Å². The van der Waals surface area contributed by atoms with Gasteiger partial charge in [-0.1, -0.05) is 6.07 Å². The highest BCUT2D eigenvalue weighted by Gasteiger charge is 2.21. The van der Waals surface area contributed by atoms with Gasteiger partial charge in [-0.15, -0.1) is 0 Å². The summed E-state index contributed by atoms with van der Waals surface area (Å²) in [6, 6.07) is 3.92. The third-order valence-electron chi connectivity index (χ3n) is 2.54. The minimum absolute atomic E-state index is 0.133. The zero-order chi connectivity index (χ0) is 16.0. The van der Waals surface area contributed by atoms with Gasteiger partial charge in [0.2, 0.25) is 0 Å². The van der Waals surface area contributed by atoms with Crippen molar-refractivity contribution in [1.82, 2.24) is 4.98 Å². The first kappa shape index (κ1) is 16.6.